The summed E-state index contributed by atoms with van der Waals surface area (Å²) >= 11 is 0. The van der Waals surface area contributed by atoms with E-state index < -0.39 is 18.1 Å². The van der Waals surface area contributed by atoms with E-state index in [1.54, 1.807) is 21.1 Å². The molecular weight excluding hydrogens is 666 g/mol. The first-order valence-electron chi connectivity index (χ1n) is 19.8. The maximum Gasteiger partial charge on any atom is 0.306 e. The topological polar surface area (TPSA) is 102 Å². The van der Waals surface area contributed by atoms with Gasteiger partial charge in [0.25, 0.3) is 0 Å². The smallest absolute Gasteiger partial charge is 0.306 e. The fraction of sp³-hybridized carbons (Fsp3) is 0.578. The highest BCUT2D eigenvalue weighted by Gasteiger charge is 2.25. The summed E-state index contributed by atoms with van der Waals surface area (Å²) < 4.78 is 16.9. The van der Waals surface area contributed by atoms with Gasteiger partial charge < -0.3 is 28.6 Å². The van der Waals surface area contributed by atoms with Gasteiger partial charge in [0.2, 0.25) is 0 Å². The molecule has 53 heavy (non-hydrogen) atoms. The van der Waals surface area contributed by atoms with E-state index in [0.29, 0.717) is 12.8 Å². The van der Waals surface area contributed by atoms with Crippen molar-refractivity contribution in [1.82, 2.24) is 0 Å². The second-order valence-corrected chi connectivity index (χ2v) is 13.7. The van der Waals surface area contributed by atoms with Gasteiger partial charge in [-0.1, -0.05) is 117 Å². The lowest BCUT2D eigenvalue weighted by Crippen LogP contribution is -2.55. The number of ether oxygens (including phenoxy) is 3. The van der Waals surface area contributed by atoms with E-state index in [0.717, 1.165) is 70.6 Å². The molecule has 0 saturated heterocycles. The lowest BCUT2D eigenvalue weighted by atomic mass is 10.1. The monoisotopic (exact) mass is 738 g/mol. The van der Waals surface area contributed by atoms with Crippen LogP contribution in [0.15, 0.2) is 97.2 Å². The van der Waals surface area contributed by atoms with Gasteiger partial charge in [-0.2, -0.15) is 0 Å². The third kappa shape index (κ3) is 33.8. The maximum absolute atomic E-state index is 12.6. The average Bonchev–Trinajstić information content (AvgIpc) is 3.11. The fourth-order valence-corrected chi connectivity index (χ4v) is 4.95. The molecule has 0 amide bonds. The van der Waals surface area contributed by atoms with Crippen molar-refractivity contribution in [2.45, 2.75) is 129 Å². The zero-order valence-electron chi connectivity index (χ0n) is 33.6. The summed E-state index contributed by atoms with van der Waals surface area (Å²) in [7, 11) is 5.35. The molecule has 8 heteroatoms. The summed E-state index contributed by atoms with van der Waals surface area (Å²) in [6.45, 7) is 4.25. The zero-order chi connectivity index (χ0) is 39.3. The highest BCUT2D eigenvalue weighted by Crippen LogP contribution is 2.10. The van der Waals surface area contributed by atoms with Crippen molar-refractivity contribution in [3.63, 3.8) is 0 Å². The Labute approximate surface area is 322 Å². The molecule has 0 aliphatic rings. The van der Waals surface area contributed by atoms with E-state index in [9.17, 15) is 19.5 Å². The first kappa shape index (κ1) is 49.2. The highest BCUT2D eigenvalue weighted by atomic mass is 16.6. The molecule has 8 nitrogen and oxygen atoms in total. The number of carboxylic acids is 1. The summed E-state index contributed by atoms with van der Waals surface area (Å²) in [4.78, 5) is 36.5. The lowest BCUT2D eigenvalue weighted by molar-refractivity contribution is -0.889. The Hall–Kier alpha value is -3.75. The third-order valence-corrected chi connectivity index (χ3v) is 7.98. The van der Waals surface area contributed by atoms with Crippen LogP contribution in [-0.4, -0.2) is 75.5 Å². The Morgan fingerprint density at radius 1 is 0.566 bits per heavy atom. The van der Waals surface area contributed by atoms with Gasteiger partial charge in [-0.05, 0) is 77.0 Å². The Morgan fingerprint density at radius 2 is 1.04 bits per heavy atom. The average molecular weight is 738 g/mol. The number of rotatable bonds is 33. The van der Waals surface area contributed by atoms with Gasteiger partial charge in [0.05, 0.1) is 40.3 Å². The highest BCUT2D eigenvalue weighted by molar-refractivity contribution is 5.70. The van der Waals surface area contributed by atoms with Gasteiger partial charge >= 0.3 is 11.9 Å². The number of unbranched alkanes of at least 4 members (excludes halogenated alkanes) is 3. The molecule has 0 aromatic carbocycles. The summed E-state index contributed by atoms with van der Waals surface area (Å²) in [6, 6.07) is -0.743. The van der Waals surface area contributed by atoms with Gasteiger partial charge in [-0.15, -0.1) is 0 Å². The maximum atomic E-state index is 12.6. The van der Waals surface area contributed by atoms with Crippen molar-refractivity contribution < 1.29 is 38.2 Å². The van der Waals surface area contributed by atoms with Crippen molar-refractivity contribution in [1.29, 1.82) is 0 Å². The normalized spacial score (nSPS) is 14.1. The first-order chi connectivity index (χ1) is 25.6. The van der Waals surface area contributed by atoms with Crippen molar-refractivity contribution >= 4 is 17.9 Å². The number of carbonyl (C=O) groups excluding carboxylic acids is 3. The lowest BCUT2D eigenvalue weighted by Gasteiger charge is -2.34. The van der Waals surface area contributed by atoms with E-state index in [1.165, 1.54) is 0 Å². The van der Waals surface area contributed by atoms with Crippen LogP contribution in [0, 0.1) is 0 Å². The molecule has 0 aromatic heterocycles. The number of carbonyl (C=O) groups is 3. The zero-order valence-corrected chi connectivity index (χ0v) is 33.6. The first-order valence-corrected chi connectivity index (χ1v) is 19.8. The fourth-order valence-electron chi connectivity index (χ4n) is 4.95. The molecule has 0 spiro atoms. The molecule has 0 heterocycles. The van der Waals surface area contributed by atoms with Gasteiger partial charge in [0.1, 0.15) is 12.6 Å². The van der Waals surface area contributed by atoms with Crippen molar-refractivity contribution in [2.75, 3.05) is 41.0 Å². The standard InChI is InChI=1S/C45H71NO7/c1-6-8-10-12-14-15-16-17-18-19-20-21-22-23-24-25-26-27-28-30-32-34-36-44(48)53-41(39-51-38-37-42(45(49)50)46(3,4)5)40-52-43(47)35-33-31-29-13-11-9-7-2/h8-11,14-15,17-18,20-21,23-24,26-27,29,31,41-42H,6-7,12-13,16,19,22,25,28,30,32-40H2,1-5H3/b10-8+,11-9+,15-14+,18-17+,21-20+,24-23+,27-26+,31-29+. The molecule has 298 valence electrons. The molecule has 0 N–H and O–H groups in total. The number of allylic oxidation sites excluding steroid dienone is 16. The number of aliphatic carboxylic acids is 1. The number of hydrogen-bond acceptors (Lipinski definition) is 7. The minimum absolute atomic E-state index is 0.00226. The summed E-state index contributed by atoms with van der Waals surface area (Å²) in [5.41, 5.74) is 0. The number of carboxylic acid groups (broad SMARTS) is 1. The van der Waals surface area contributed by atoms with E-state index in [1.807, 2.05) is 12.2 Å². The second-order valence-electron chi connectivity index (χ2n) is 13.7. The predicted molar refractivity (Wildman–Crippen MR) is 217 cm³/mol. The van der Waals surface area contributed by atoms with Crippen molar-refractivity contribution in [3.8, 4) is 0 Å². The van der Waals surface area contributed by atoms with Crippen LogP contribution in [0.2, 0.25) is 0 Å². The van der Waals surface area contributed by atoms with Crippen LogP contribution in [0.5, 0.6) is 0 Å². The summed E-state index contributed by atoms with van der Waals surface area (Å²) in [5.74, 6) is -1.89. The molecule has 0 saturated carbocycles. The number of nitrogens with zero attached hydrogens (tertiary/aromatic N) is 1. The van der Waals surface area contributed by atoms with E-state index in [4.69, 9.17) is 14.2 Å². The minimum atomic E-state index is -1.14. The van der Waals surface area contributed by atoms with Gasteiger partial charge in [0, 0.05) is 19.3 Å². The van der Waals surface area contributed by atoms with E-state index in [2.05, 4.69) is 98.9 Å². The molecule has 0 bridgehead atoms. The van der Waals surface area contributed by atoms with Gasteiger partial charge in [-0.25, -0.2) is 0 Å². The number of esters is 2. The predicted octanol–water partition coefficient (Wildman–Crippen LogP) is 9.01. The number of quaternary nitrogens is 1. The molecule has 0 aliphatic carbocycles. The Balaban J connectivity index is 4.42. The molecule has 2 atom stereocenters. The molecule has 0 radical (unpaired) electrons. The van der Waals surface area contributed by atoms with Crippen LogP contribution < -0.4 is 5.11 Å². The molecule has 0 fully saturated rings. The summed E-state index contributed by atoms with van der Waals surface area (Å²) in [5, 5.41) is 11.6. The van der Waals surface area contributed by atoms with Crippen molar-refractivity contribution in [3.05, 3.63) is 97.2 Å². The molecule has 2 unspecified atom stereocenters. The van der Waals surface area contributed by atoms with Gasteiger partial charge in [-0.3, -0.25) is 9.59 Å². The Morgan fingerprint density at radius 3 is 1.51 bits per heavy atom. The van der Waals surface area contributed by atoms with Crippen LogP contribution in [0.4, 0.5) is 0 Å². The second kappa shape index (κ2) is 35.3. The molecule has 0 rings (SSSR count). The SMILES string of the molecule is CC/C=C/C/C=C/C/C=C/C/C=C/C/C=C/C/C=C/CCCCCC(=O)OC(COCCC(C(=O)[O-])[N+](C)(C)C)COC(=O)CC/C=C/C/C=C/CC. The molecular formula is C45H71NO7. The van der Waals surface area contributed by atoms with Crippen LogP contribution in [0.3, 0.4) is 0 Å². The van der Waals surface area contributed by atoms with Crippen LogP contribution in [0.25, 0.3) is 0 Å². The van der Waals surface area contributed by atoms with Crippen molar-refractivity contribution in [2.24, 2.45) is 0 Å². The van der Waals surface area contributed by atoms with Crippen LogP contribution >= 0.6 is 0 Å². The summed E-state index contributed by atoms with van der Waals surface area (Å²) in [6.07, 6.45) is 46.2. The minimum Gasteiger partial charge on any atom is -0.544 e. The van der Waals surface area contributed by atoms with Crippen LogP contribution in [-0.2, 0) is 28.6 Å². The largest absolute Gasteiger partial charge is 0.544 e. The van der Waals surface area contributed by atoms with Gasteiger partial charge in [0.15, 0.2) is 6.10 Å². The molecule has 0 aromatic rings. The Kier molecular flexibility index (Phi) is 32.8. The number of likely N-dealkylation sites (N-methyl/N-ethyl adjacent to an activating group) is 1. The van der Waals surface area contributed by atoms with E-state index in [-0.39, 0.29) is 55.5 Å². The quantitative estimate of drug-likeness (QED) is 0.0287. The van der Waals surface area contributed by atoms with Crippen LogP contribution in [0.1, 0.15) is 117 Å². The third-order valence-electron chi connectivity index (χ3n) is 7.98. The number of hydrogen-bond donors (Lipinski definition) is 0. The Bertz CT molecular complexity index is 1180. The molecule has 0 aliphatic heterocycles. The van der Waals surface area contributed by atoms with E-state index >= 15 is 0 Å².